The van der Waals surface area contributed by atoms with Gasteiger partial charge in [0, 0.05) is 11.6 Å². The number of carbonyl (C=O) groups excluding carboxylic acids is 1. The van der Waals surface area contributed by atoms with Crippen LogP contribution in [0.1, 0.15) is 36.0 Å². The number of benzene rings is 3. The molecule has 1 aliphatic rings. The highest BCUT2D eigenvalue weighted by Crippen LogP contribution is 2.31. The summed E-state index contributed by atoms with van der Waals surface area (Å²) in [7, 11) is -2.44. The van der Waals surface area contributed by atoms with Crippen molar-refractivity contribution in [2.75, 3.05) is 12.4 Å². The van der Waals surface area contributed by atoms with Gasteiger partial charge in [0.2, 0.25) is 10.0 Å². The molecule has 0 heterocycles. The molecule has 4 rings (SSSR count). The van der Waals surface area contributed by atoms with E-state index in [1.165, 1.54) is 25.3 Å². The van der Waals surface area contributed by atoms with Crippen LogP contribution < -0.4 is 19.5 Å². The average Bonchev–Trinajstić information content (AvgIpc) is 3.33. The van der Waals surface area contributed by atoms with Crippen LogP contribution in [-0.4, -0.2) is 27.5 Å². The molecule has 1 fully saturated rings. The fraction of sp³-hybridized carbons (Fsp3) is 0.240. The highest BCUT2D eigenvalue weighted by atomic mass is 32.2. The standard InChI is InChI=1S/C25H26N2O5S/c1-31-23-16-15-18(17-24(23)33(29,30)27-19-9-5-6-10-19)25(28)26-21-13-7-8-14-22(21)32-20-11-3-2-4-12-20/h2-4,7-8,11-17,19,27H,5-6,9-10H2,1H3,(H,26,28). The maximum atomic E-state index is 13.0. The molecule has 0 unspecified atom stereocenters. The van der Waals surface area contributed by atoms with Crippen molar-refractivity contribution in [2.24, 2.45) is 0 Å². The second-order valence-electron chi connectivity index (χ2n) is 7.83. The lowest BCUT2D eigenvalue weighted by molar-refractivity contribution is 0.102. The van der Waals surface area contributed by atoms with Crippen molar-refractivity contribution in [3.8, 4) is 17.2 Å². The maximum Gasteiger partial charge on any atom is 0.255 e. The molecule has 0 atom stereocenters. The summed E-state index contributed by atoms with van der Waals surface area (Å²) in [6.07, 6.45) is 3.61. The van der Waals surface area contributed by atoms with Gasteiger partial charge in [-0.15, -0.1) is 0 Å². The molecule has 0 aliphatic heterocycles. The van der Waals surface area contributed by atoms with Crippen LogP contribution in [0.15, 0.2) is 77.7 Å². The molecule has 3 aromatic carbocycles. The van der Waals surface area contributed by atoms with Crippen molar-refractivity contribution in [3.63, 3.8) is 0 Å². The van der Waals surface area contributed by atoms with E-state index in [-0.39, 0.29) is 22.3 Å². The molecule has 2 N–H and O–H groups in total. The summed E-state index contributed by atoms with van der Waals surface area (Å²) in [6.45, 7) is 0. The van der Waals surface area contributed by atoms with Crippen molar-refractivity contribution < 1.29 is 22.7 Å². The number of carbonyl (C=O) groups is 1. The second kappa shape index (κ2) is 10.1. The van der Waals surface area contributed by atoms with Gasteiger partial charge in [0.05, 0.1) is 12.8 Å². The van der Waals surface area contributed by atoms with Crippen LogP contribution in [0.2, 0.25) is 0 Å². The molecule has 8 heteroatoms. The van der Waals surface area contributed by atoms with E-state index in [0.717, 1.165) is 25.7 Å². The minimum atomic E-state index is -3.84. The summed E-state index contributed by atoms with van der Waals surface area (Å²) < 4.78 is 39.9. The Hall–Kier alpha value is -3.36. The Balaban J connectivity index is 1.58. The Morgan fingerprint density at radius 1 is 0.909 bits per heavy atom. The lowest BCUT2D eigenvalue weighted by atomic mass is 10.2. The molecule has 0 bridgehead atoms. The van der Waals surface area contributed by atoms with Gasteiger partial charge in [-0.1, -0.05) is 43.2 Å². The molecule has 1 saturated carbocycles. The van der Waals surface area contributed by atoms with E-state index >= 15 is 0 Å². The first-order valence-corrected chi connectivity index (χ1v) is 12.3. The highest BCUT2D eigenvalue weighted by Gasteiger charge is 2.26. The van der Waals surface area contributed by atoms with Crippen molar-refractivity contribution in [1.29, 1.82) is 0 Å². The zero-order valence-corrected chi connectivity index (χ0v) is 19.1. The number of methoxy groups -OCH3 is 1. The first-order valence-electron chi connectivity index (χ1n) is 10.8. The minimum Gasteiger partial charge on any atom is -0.495 e. The summed E-state index contributed by atoms with van der Waals surface area (Å²) in [4.78, 5) is 13.0. The Kier molecular flexibility index (Phi) is 6.96. The van der Waals surface area contributed by atoms with Crippen LogP contribution in [0.3, 0.4) is 0 Å². The molecule has 33 heavy (non-hydrogen) atoms. The van der Waals surface area contributed by atoms with Crippen molar-refractivity contribution in [3.05, 3.63) is 78.4 Å². The topological polar surface area (TPSA) is 93.7 Å². The molecule has 3 aromatic rings. The van der Waals surface area contributed by atoms with Crippen LogP contribution in [-0.2, 0) is 10.0 Å². The smallest absolute Gasteiger partial charge is 0.255 e. The van der Waals surface area contributed by atoms with Gasteiger partial charge >= 0.3 is 0 Å². The molecule has 1 aliphatic carbocycles. The van der Waals surface area contributed by atoms with Crippen LogP contribution in [0.25, 0.3) is 0 Å². The maximum absolute atomic E-state index is 13.0. The van der Waals surface area contributed by atoms with E-state index in [9.17, 15) is 13.2 Å². The number of sulfonamides is 1. The fourth-order valence-corrected chi connectivity index (χ4v) is 5.32. The number of amides is 1. The Labute approximate surface area is 193 Å². The Morgan fingerprint density at radius 2 is 1.61 bits per heavy atom. The molecule has 0 spiro atoms. The SMILES string of the molecule is COc1ccc(C(=O)Nc2ccccc2Oc2ccccc2)cc1S(=O)(=O)NC1CCCC1. The first kappa shape index (κ1) is 22.8. The van der Waals surface area contributed by atoms with Gasteiger partial charge in [0.1, 0.15) is 16.4 Å². The summed E-state index contributed by atoms with van der Waals surface area (Å²) in [5, 5.41) is 2.82. The summed E-state index contributed by atoms with van der Waals surface area (Å²) in [5.41, 5.74) is 0.660. The fourth-order valence-electron chi connectivity index (χ4n) is 3.82. The van der Waals surface area contributed by atoms with Gasteiger partial charge in [-0.05, 0) is 55.3 Å². The predicted molar refractivity (Wildman–Crippen MR) is 126 cm³/mol. The lowest BCUT2D eigenvalue weighted by Gasteiger charge is -2.16. The predicted octanol–water partition coefficient (Wildman–Crippen LogP) is 4.96. The number of hydrogen-bond acceptors (Lipinski definition) is 5. The molecule has 172 valence electrons. The molecule has 1 amide bonds. The zero-order valence-electron chi connectivity index (χ0n) is 18.3. The van der Waals surface area contributed by atoms with E-state index in [0.29, 0.717) is 17.2 Å². The van der Waals surface area contributed by atoms with Crippen molar-refractivity contribution in [2.45, 2.75) is 36.6 Å². The molecule has 0 aromatic heterocycles. The molecule has 0 saturated heterocycles. The number of para-hydroxylation sites is 3. The molecule has 0 radical (unpaired) electrons. The van der Waals surface area contributed by atoms with Gasteiger partial charge in [-0.25, -0.2) is 13.1 Å². The molecular formula is C25H26N2O5S. The quantitative estimate of drug-likeness (QED) is 0.489. The highest BCUT2D eigenvalue weighted by molar-refractivity contribution is 7.89. The number of ether oxygens (including phenoxy) is 2. The van der Waals surface area contributed by atoms with Gasteiger partial charge in [0.25, 0.3) is 5.91 Å². The third-order valence-corrected chi connectivity index (χ3v) is 7.04. The van der Waals surface area contributed by atoms with Crippen LogP contribution in [0, 0.1) is 0 Å². The average molecular weight is 467 g/mol. The van der Waals surface area contributed by atoms with E-state index in [4.69, 9.17) is 9.47 Å². The van der Waals surface area contributed by atoms with Crippen LogP contribution in [0.4, 0.5) is 5.69 Å². The lowest BCUT2D eigenvalue weighted by Crippen LogP contribution is -2.33. The van der Waals surface area contributed by atoms with Gasteiger partial charge in [-0.2, -0.15) is 0 Å². The number of nitrogens with one attached hydrogen (secondary N) is 2. The molecule has 7 nitrogen and oxygen atoms in total. The van der Waals surface area contributed by atoms with Crippen LogP contribution >= 0.6 is 0 Å². The van der Waals surface area contributed by atoms with Crippen molar-refractivity contribution >= 4 is 21.6 Å². The van der Waals surface area contributed by atoms with E-state index < -0.39 is 15.9 Å². The summed E-state index contributed by atoms with van der Waals surface area (Å²) >= 11 is 0. The van der Waals surface area contributed by atoms with Crippen LogP contribution in [0.5, 0.6) is 17.2 Å². The summed E-state index contributed by atoms with van der Waals surface area (Å²) in [6, 6.07) is 20.6. The van der Waals surface area contributed by atoms with Gasteiger partial charge in [-0.3, -0.25) is 4.79 Å². The number of hydrogen-bond donors (Lipinski definition) is 2. The van der Waals surface area contributed by atoms with E-state index in [1.54, 1.807) is 24.3 Å². The first-order chi connectivity index (χ1) is 16.0. The van der Waals surface area contributed by atoms with Gasteiger partial charge in [0.15, 0.2) is 5.75 Å². The monoisotopic (exact) mass is 466 g/mol. The Bertz CT molecular complexity index is 1220. The third kappa shape index (κ3) is 5.53. The van der Waals surface area contributed by atoms with E-state index in [1.807, 2.05) is 30.3 Å². The number of rotatable bonds is 8. The number of anilines is 1. The summed E-state index contributed by atoms with van der Waals surface area (Å²) in [5.74, 6) is 0.834. The molecular weight excluding hydrogens is 440 g/mol. The largest absolute Gasteiger partial charge is 0.495 e. The third-order valence-electron chi connectivity index (χ3n) is 5.50. The van der Waals surface area contributed by atoms with Gasteiger partial charge < -0.3 is 14.8 Å². The zero-order chi connectivity index (χ0) is 23.3. The minimum absolute atomic E-state index is 0.0571. The Morgan fingerprint density at radius 3 is 2.33 bits per heavy atom. The second-order valence-corrected chi connectivity index (χ2v) is 9.52. The van der Waals surface area contributed by atoms with Crippen molar-refractivity contribution in [1.82, 2.24) is 4.72 Å². The normalized spacial score (nSPS) is 14.1. The van der Waals surface area contributed by atoms with E-state index in [2.05, 4.69) is 10.0 Å².